The fourth-order valence-electron chi connectivity index (χ4n) is 1.33. The molecule has 0 atom stereocenters. The number of aromatic nitrogens is 2. The lowest BCUT2D eigenvalue weighted by molar-refractivity contribution is -0.115. The third-order valence-electron chi connectivity index (χ3n) is 2.18. The maximum atomic E-state index is 11.2. The Balaban J connectivity index is 2.46. The molecule has 1 aromatic heterocycles. The summed E-state index contributed by atoms with van der Waals surface area (Å²) >= 11 is 0. The van der Waals surface area contributed by atoms with Crippen molar-refractivity contribution in [3.8, 4) is 0 Å². The van der Waals surface area contributed by atoms with E-state index in [-0.39, 0.29) is 11.7 Å². The van der Waals surface area contributed by atoms with Gasteiger partial charge in [0.2, 0.25) is 5.91 Å². The second-order valence-corrected chi connectivity index (χ2v) is 3.35. The molecule has 0 aliphatic carbocycles. The summed E-state index contributed by atoms with van der Waals surface area (Å²) in [6, 6.07) is 7.37. The van der Waals surface area contributed by atoms with Crippen molar-refractivity contribution in [2.24, 2.45) is 0 Å². The molecule has 2 rings (SSSR count). The molecule has 0 aliphatic rings. The number of amides is 1. The minimum atomic E-state index is -0.128. The largest absolute Gasteiger partial charge is 0.381 e. The van der Waals surface area contributed by atoms with Crippen LogP contribution in [0.25, 0.3) is 11.0 Å². The first-order valence-electron chi connectivity index (χ1n) is 5.03. The third-order valence-corrected chi connectivity index (χ3v) is 2.18. The smallest absolute Gasteiger partial charge is 0.225 e. The first-order valence-corrected chi connectivity index (χ1v) is 5.03. The summed E-state index contributed by atoms with van der Waals surface area (Å²) in [5.41, 5.74) is 7.13. The predicted octanol–water partition coefficient (Wildman–Crippen LogP) is 1.56. The number of para-hydroxylation sites is 2. The molecule has 0 spiro atoms. The van der Waals surface area contributed by atoms with Gasteiger partial charge in [0.25, 0.3) is 0 Å². The number of anilines is 2. The standard InChI is InChI=1S/C11H12N4O/c1-2-9(16)15-11-10(12)13-7-5-3-4-6-8(7)14-11/h3-6H,2H2,1H3,(H2,12,13)(H,14,15,16). The fourth-order valence-corrected chi connectivity index (χ4v) is 1.33. The number of fused-ring (bicyclic) bond motifs is 1. The van der Waals surface area contributed by atoms with Gasteiger partial charge in [0.05, 0.1) is 11.0 Å². The molecule has 5 heteroatoms. The molecule has 0 radical (unpaired) electrons. The summed E-state index contributed by atoms with van der Waals surface area (Å²) in [5, 5.41) is 2.61. The van der Waals surface area contributed by atoms with Gasteiger partial charge in [0.15, 0.2) is 11.6 Å². The van der Waals surface area contributed by atoms with Crippen molar-refractivity contribution in [3.63, 3.8) is 0 Å². The van der Waals surface area contributed by atoms with Crippen LogP contribution in [-0.2, 0) is 4.79 Å². The maximum absolute atomic E-state index is 11.2. The van der Waals surface area contributed by atoms with Gasteiger partial charge >= 0.3 is 0 Å². The molecule has 1 heterocycles. The number of nitrogens with zero attached hydrogens (tertiary/aromatic N) is 2. The number of carbonyl (C=O) groups is 1. The molecule has 0 aliphatic heterocycles. The summed E-state index contributed by atoms with van der Waals surface area (Å²) in [6.45, 7) is 1.76. The van der Waals surface area contributed by atoms with Crippen LogP contribution in [0.3, 0.4) is 0 Å². The molecule has 0 bridgehead atoms. The predicted molar refractivity (Wildman–Crippen MR) is 62.9 cm³/mol. The van der Waals surface area contributed by atoms with Crippen LogP contribution in [0.2, 0.25) is 0 Å². The minimum Gasteiger partial charge on any atom is -0.381 e. The number of benzene rings is 1. The van der Waals surface area contributed by atoms with Gasteiger partial charge < -0.3 is 11.1 Å². The van der Waals surface area contributed by atoms with E-state index in [4.69, 9.17) is 5.73 Å². The van der Waals surface area contributed by atoms with E-state index >= 15 is 0 Å². The Morgan fingerprint density at radius 1 is 1.31 bits per heavy atom. The van der Waals surface area contributed by atoms with Gasteiger partial charge in [-0.3, -0.25) is 4.79 Å². The van der Waals surface area contributed by atoms with E-state index in [1.165, 1.54) is 0 Å². The Kier molecular flexibility index (Phi) is 2.68. The van der Waals surface area contributed by atoms with Gasteiger partial charge in [0.1, 0.15) is 0 Å². The summed E-state index contributed by atoms with van der Waals surface area (Å²) in [6.07, 6.45) is 0.383. The van der Waals surface area contributed by atoms with Crippen molar-refractivity contribution in [2.45, 2.75) is 13.3 Å². The number of carbonyl (C=O) groups excluding carboxylic acids is 1. The van der Waals surface area contributed by atoms with Gasteiger partial charge in [0, 0.05) is 6.42 Å². The molecule has 82 valence electrons. The summed E-state index contributed by atoms with van der Waals surface area (Å²) in [5.74, 6) is 0.433. The highest BCUT2D eigenvalue weighted by Gasteiger charge is 2.07. The number of hydrogen-bond acceptors (Lipinski definition) is 4. The molecule has 0 fully saturated rings. The zero-order valence-corrected chi connectivity index (χ0v) is 8.90. The van der Waals surface area contributed by atoms with Crippen LogP contribution < -0.4 is 11.1 Å². The second kappa shape index (κ2) is 4.14. The number of hydrogen-bond donors (Lipinski definition) is 2. The maximum Gasteiger partial charge on any atom is 0.225 e. The highest BCUT2D eigenvalue weighted by molar-refractivity contribution is 5.93. The summed E-state index contributed by atoms with van der Waals surface area (Å²) in [4.78, 5) is 19.6. The summed E-state index contributed by atoms with van der Waals surface area (Å²) < 4.78 is 0. The Bertz CT molecular complexity index is 538. The summed E-state index contributed by atoms with van der Waals surface area (Å²) in [7, 11) is 0. The van der Waals surface area contributed by atoms with Gasteiger partial charge in [-0.1, -0.05) is 19.1 Å². The molecule has 0 saturated carbocycles. The van der Waals surface area contributed by atoms with Gasteiger partial charge in [-0.2, -0.15) is 0 Å². The van der Waals surface area contributed by atoms with Crippen LogP contribution in [0.1, 0.15) is 13.3 Å². The van der Waals surface area contributed by atoms with Gasteiger partial charge in [-0.05, 0) is 12.1 Å². The Morgan fingerprint density at radius 2 is 1.94 bits per heavy atom. The number of nitrogen functional groups attached to an aromatic ring is 1. The number of rotatable bonds is 2. The molecular weight excluding hydrogens is 204 g/mol. The van der Waals surface area contributed by atoms with Crippen molar-refractivity contribution in [1.29, 1.82) is 0 Å². The van der Waals surface area contributed by atoms with E-state index in [9.17, 15) is 4.79 Å². The van der Waals surface area contributed by atoms with E-state index in [0.717, 1.165) is 5.52 Å². The average molecular weight is 216 g/mol. The van der Waals surface area contributed by atoms with E-state index in [1.807, 2.05) is 24.3 Å². The van der Waals surface area contributed by atoms with Crippen LogP contribution in [0.4, 0.5) is 11.6 Å². The molecule has 0 saturated heterocycles. The Labute approximate surface area is 92.7 Å². The van der Waals surface area contributed by atoms with Crippen LogP contribution in [0.5, 0.6) is 0 Å². The van der Waals surface area contributed by atoms with E-state index in [1.54, 1.807) is 6.92 Å². The molecule has 16 heavy (non-hydrogen) atoms. The highest BCUT2D eigenvalue weighted by Crippen LogP contribution is 2.18. The Morgan fingerprint density at radius 3 is 2.56 bits per heavy atom. The zero-order chi connectivity index (χ0) is 11.5. The molecule has 1 amide bonds. The van der Waals surface area contributed by atoms with E-state index < -0.39 is 0 Å². The zero-order valence-electron chi connectivity index (χ0n) is 8.90. The van der Waals surface area contributed by atoms with Crippen molar-refractivity contribution < 1.29 is 4.79 Å². The topological polar surface area (TPSA) is 80.9 Å². The lowest BCUT2D eigenvalue weighted by Gasteiger charge is -2.06. The number of nitrogens with two attached hydrogens (primary N) is 1. The SMILES string of the molecule is CCC(=O)Nc1nc2ccccc2nc1N. The first kappa shape index (κ1) is 10.4. The van der Waals surface area contributed by atoms with Crippen molar-refractivity contribution >= 4 is 28.6 Å². The quantitative estimate of drug-likeness (QED) is 0.798. The van der Waals surface area contributed by atoms with Crippen molar-refractivity contribution in [3.05, 3.63) is 24.3 Å². The normalized spacial score (nSPS) is 10.3. The fraction of sp³-hybridized carbons (Fsp3) is 0.182. The first-order chi connectivity index (χ1) is 7.70. The molecule has 0 unspecified atom stereocenters. The monoisotopic (exact) mass is 216 g/mol. The molecular formula is C11H12N4O. The van der Waals surface area contributed by atoms with E-state index in [0.29, 0.717) is 17.8 Å². The molecule has 3 N–H and O–H groups in total. The minimum absolute atomic E-state index is 0.128. The van der Waals surface area contributed by atoms with Gasteiger partial charge in [-0.25, -0.2) is 9.97 Å². The van der Waals surface area contributed by atoms with Crippen molar-refractivity contribution in [2.75, 3.05) is 11.1 Å². The molecule has 5 nitrogen and oxygen atoms in total. The van der Waals surface area contributed by atoms with E-state index in [2.05, 4.69) is 15.3 Å². The number of nitrogens with one attached hydrogen (secondary N) is 1. The van der Waals surface area contributed by atoms with Crippen LogP contribution in [0, 0.1) is 0 Å². The lowest BCUT2D eigenvalue weighted by Crippen LogP contribution is -2.13. The van der Waals surface area contributed by atoms with Crippen LogP contribution in [-0.4, -0.2) is 15.9 Å². The molecule has 1 aromatic carbocycles. The van der Waals surface area contributed by atoms with Gasteiger partial charge in [-0.15, -0.1) is 0 Å². The van der Waals surface area contributed by atoms with Crippen LogP contribution >= 0.6 is 0 Å². The average Bonchev–Trinajstić information content (AvgIpc) is 2.30. The second-order valence-electron chi connectivity index (χ2n) is 3.35. The molecule has 2 aromatic rings. The highest BCUT2D eigenvalue weighted by atomic mass is 16.1. The van der Waals surface area contributed by atoms with Crippen molar-refractivity contribution in [1.82, 2.24) is 9.97 Å². The van der Waals surface area contributed by atoms with Crippen LogP contribution in [0.15, 0.2) is 24.3 Å². The lowest BCUT2D eigenvalue weighted by atomic mass is 10.3. The Hall–Kier alpha value is -2.17. The third kappa shape index (κ3) is 1.93.